The van der Waals surface area contributed by atoms with Crippen LogP contribution in [0.15, 0.2) is 48.0 Å². The van der Waals surface area contributed by atoms with E-state index in [0.29, 0.717) is 17.0 Å². The third-order valence-corrected chi connectivity index (χ3v) is 3.52. The minimum absolute atomic E-state index is 0.0994. The quantitative estimate of drug-likeness (QED) is 0.619. The van der Waals surface area contributed by atoms with E-state index in [4.69, 9.17) is 26.3 Å². The molecule has 0 spiro atoms. The number of hydrogen-bond acceptors (Lipinski definition) is 5. The fourth-order valence-electron chi connectivity index (χ4n) is 2.10. The number of benzene rings is 2. The maximum absolute atomic E-state index is 12.3. The van der Waals surface area contributed by atoms with E-state index in [2.05, 4.69) is 5.32 Å². The molecule has 0 saturated heterocycles. The second-order valence-electron chi connectivity index (χ2n) is 4.97. The van der Waals surface area contributed by atoms with Gasteiger partial charge in [-0.05, 0) is 35.9 Å². The highest BCUT2D eigenvalue weighted by molar-refractivity contribution is 6.32. The Kier molecular flexibility index (Phi) is 6.61. The smallest absolute Gasteiger partial charge is 0.266 e. The Morgan fingerprint density at radius 2 is 2.00 bits per heavy atom. The van der Waals surface area contributed by atoms with Gasteiger partial charge in [-0.25, -0.2) is 0 Å². The predicted molar refractivity (Wildman–Crippen MR) is 97.8 cm³/mol. The van der Waals surface area contributed by atoms with Gasteiger partial charge in [0, 0.05) is 5.69 Å². The maximum Gasteiger partial charge on any atom is 0.266 e. The van der Waals surface area contributed by atoms with Crippen molar-refractivity contribution in [2.45, 2.75) is 0 Å². The molecule has 0 saturated carbocycles. The summed E-state index contributed by atoms with van der Waals surface area (Å²) in [5.41, 5.74) is 0.961. The Labute approximate surface area is 155 Å². The standard InChI is InChI=1S/C19H14ClN3O3/c1-25-17-11-13(10-16(20)18(17)26-8-7-21)9-14(12-22)19(24)23-15-5-3-2-4-6-15/h2-6,9-11H,8H2,1H3,(H,23,24)/b14-9-. The van der Waals surface area contributed by atoms with E-state index < -0.39 is 5.91 Å². The number of carbonyl (C=O) groups is 1. The highest BCUT2D eigenvalue weighted by Gasteiger charge is 2.14. The number of methoxy groups -OCH3 is 1. The highest BCUT2D eigenvalue weighted by atomic mass is 35.5. The summed E-state index contributed by atoms with van der Waals surface area (Å²) in [6.07, 6.45) is 1.39. The third kappa shape index (κ3) is 4.76. The van der Waals surface area contributed by atoms with Crippen molar-refractivity contribution in [2.24, 2.45) is 0 Å². The number of amides is 1. The fourth-order valence-corrected chi connectivity index (χ4v) is 2.38. The fraction of sp³-hybridized carbons (Fsp3) is 0.105. The van der Waals surface area contributed by atoms with Gasteiger partial charge in [0.2, 0.25) is 0 Å². The molecule has 0 aromatic heterocycles. The SMILES string of the molecule is COc1cc(/C=C(/C#N)C(=O)Nc2ccccc2)cc(Cl)c1OCC#N. The number of hydrogen-bond donors (Lipinski definition) is 1. The zero-order valence-corrected chi connectivity index (χ0v) is 14.6. The molecule has 0 bridgehead atoms. The average Bonchev–Trinajstić information content (AvgIpc) is 2.65. The number of carbonyl (C=O) groups excluding carboxylic acids is 1. The molecule has 0 unspecified atom stereocenters. The van der Waals surface area contributed by atoms with Crippen LogP contribution < -0.4 is 14.8 Å². The summed E-state index contributed by atoms with van der Waals surface area (Å²) in [5, 5.41) is 20.8. The molecule has 0 fully saturated rings. The first kappa shape index (κ1) is 18.9. The van der Waals surface area contributed by atoms with Crippen LogP contribution in [0.3, 0.4) is 0 Å². The summed E-state index contributed by atoms with van der Waals surface area (Å²) in [6, 6.07) is 15.6. The molecule has 0 aliphatic heterocycles. The number of nitrogens with one attached hydrogen (secondary N) is 1. The molecule has 0 atom stereocenters. The normalized spacial score (nSPS) is 10.4. The molecule has 1 N–H and O–H groups in total. The maximum atomic E-state index is 12.3. The molecule has 0 aliphatic carbocycles. The number of ether oxygens (including phenoxy) is 2. The first-order chi connectivity index (χ1) is 12.6. The van der Waals surface area contributed by atoms with Crippen molar-refractivity contribution in [2.75, 3.05) is 19.0 Å². The highest BCUT2D eigenvalue weighted by Crippen LogP contribution is 2.37. The van der Waals surface area contributed by atoms with E-state index in [9.17, 15) is 10.1 Å². The minimum Gasteiger partial charge on any atom is -0.493 e. The molecule has 0 aliphatic rings. The van der Waals surface area contributed by atoms with Crippen LogP contribution in [0, 0.1) is 22.7 Å². The number of rotatable bonds is 6. The van der Waals surface area contributed by atoms with E-state index in [1.165, 1.54) is 19.3 Å². The van der Waals surface area contributed by atoms with Gasteiger partial charge in [0.1, 0.15) is 17.7 Å². The lowest BCUT2D eigenvalue weighted by molar-refractivity contribution is -0.112. The molecule has 7 heteroatoms. The van der Waals surface area contributed by atoms with Gasteiger partial charge in [-0.15, -0.1) is 0 Å². The van der Waals surface area contributed by atoms with Gasteiger partial charge >= 0.3 is 0 Å². The van der Waals surface area contributed by atoms with E-state index >= 15 is 0 Å². The zero-order chi connectivity index (χ0) is 18.9. The van der Waals surface area contributed by atoms with Gasteiger partial charge in [-0.3, -0.25) is 4.79 Å². The second kappa shape index (κ2) is 9.12. The summed E-state index contributed by atoms with van der Waals surface area (Å²) in [4.78, 5) is 12.3. The van der Waals surface area contributed by atoms with Crippen LogP contribution in [0.25, 0.3) is 6.08 Å². The molecule has 6 nitrogen and oxygen atoms in total. The summed E-state index contributed by atoms with van der Waals surface area (Å²) < 4.78 is 10.4. The van der Waals surface area contributed by atoms with Crippen molar-refractivity contribution in [1.29, 1.82) is 10.5 Å². The van der Waals surface area contributed by atoms with Gasteiger partial charge in [-0.2, -0.15) is 10.5 Å². The van der Waals surface area contributed by atoms with Crippen molar-refractivity contribution in [3.63, 3.8) is 0 Å². The van der Waals surface area contributed by atoms with Gasteiger partial charge in [-0.1, -0.05) is 29.8 Å². The Hall–Kier alpha value is -3.48. The van der Waals surface area contributed by atoms with Gasteiger partial charge in [0.25, 0.3) is 5.91 Å². The van der Waals surface area contributed by atoms with Gasteiger partial charge < -0.3 is 14.8 Å². The molecule has 2 aromatic rings. The van der Waals surface area contributed by atoms with Gasteiger partial charge in [0.05, 0.1) is 12.1 Å². The summed E-state index contributed by atoms with van der Waals surface area (Å²) in [7, 11) is 1.42. The number of para-hydroxylation sites is 1. The number of nitrogens with zero attached hydrogens (tertiary/aromatic N) is 2. The van der Waals surface area contributed by atoms with Crippen LogP contribution in [-0.4, -0.2) is 19.6 Å². The molecule has 2 rings (SSSR count). The summed E-state index contributed by atoms with van der Waals surface area (Å²) >= 11 is 6.16. The lowest BCUT2D eigenvalue weighted by Gasteiger charge is -2.11. The third-order valence-electron chi connectivity index (χ3n) is 3.24. The van der Waals surface area contributed by atoms with Crippen molar-refractivity contribution in [3.8, 4) is 23.6 Å². The summed E-state index contributed by atoms with van der Waals surface area (Å²) in [6.45, 7) is -0.186. The number of anilines is 1. The number of halogens is 1. The van der Waals surface area contributed by atoms with Crippen LogP contribution in [0.1, 0.15) is 5.56 Å². The first-order valence-electron chi connectivity index (χ1n) is 7.44. The monoisotopic (exact) mass is 367 g/mol. The molecule has 0 heterocycles. The van der Waals surface area contributed by atoms with Crippen LogP contribution in [0.4, 0.5) is 5.69 Å². The lowest BCUT2D eigenvalue weighted by atomic mass is 10.1. The molecular formula is C19H14ClN3O3. The summed E-state index contributed by atoms with van der Waals surface area (Å²) in [5.74, 6) is -0.0292. The molecule has 0 radical (unpaired) electrons. The van der Waals surface area contributed by atoms with Crippen LogP contribution in [0.2, 0.25) is 5.02 Å². The van der Waals surface area contributed by atoms with E-state index in [-0.39, 0.29) is 23.0 Å². The van der Waals surface area contributed by atoms with Gasteiger partial charge in [0.15, 0.2) is 18.1 Å². The van der Waals surface area contributed by atoms with Crippen molar-refractivity contribution in [1.82, 2.24) is 0 Å². The first-order valence-corrected chi connectivity index (χ1v) is 7.82. The van der Waals surface area contributed by atoms with Crippen LogP contribution in [-0.2, 0) is 4.79 Å². The van der Waals surface area contributed by atoms with Crippen molar-refractivity contribution in [3.05, 3.63) is 58.6 Å². The predicted octanol–water partition coefficient (Wildman–Crippen LogP) is 3.80. The van der Waals surface area contributed by atoms with Crippen LogP contribution >= 0.6 is 11.6 Å². The Balaban J connectivity index is 2.31. The van der Waals surface area contributed by atoms with E-state index in [1.54, 1.807) is 30.3 Å². The minimum atomic E-state index is -0.543. The number of nitriles is 2. The Morgan fingerprint density at radius 1 is 1.27 bits per heavy atom. The lowest BCUT2D eigenvalue weighted by Crippen LogP contribution is -2.13. The zero-order valence-electron chi connectivity index (χ0n) is 13.8. The molecule has 130 valence electrons. The molecule has 2 aromatic carbocycles. The Morgan fingerprint density at radius 3 is 2.62 bits per heavy atom. The van der Waals surface area contributed by atoms with E-state index in [0.717, 1.165) is 0 Å². The van der Waals surface area contributed by atoms with Crippen molar-refractivity contribution >= 4 is 29.3 Å². The largest absolute Gasteiger partial charge is 0.493 e. The molecular weight excluding hydrogens is 354 g/mol. The van der Waals surface area contributed by atoms with Crippen LogP contribution in [0.5, 0.6) is 11.5 Å². The molecule has 26 heavy (non-hydrogen) atoms. The Bertz CT molecular complexity index is 912. The topological polar surface area (TPSA) is 95.1 Å². The second-order valence-corrected chi connectivity index (χ2v) is 5.38. The molecule has 1 amide bonds. The van der Waals surface area contributed by atoms with Crippen molar-refractivity contribution < 1.29 is 14.3 Å². The average molecular weight is 368 g/mol. The van der Waals surface area contributed by atoms with E-state index in [1.807, 2.05) is 18.2 Å².